The van der Waals surface area contributed by atoms with E-state index in [2.05, 4.69) is 138 Å². The van der Waals surface area contributed by atoms with Crippen LogP contribution in [-0.2, 0) is 0 Å². The number of nitrogens with one attached hydrogen (secondary N) is 4. The van der Waals surface area contributed by atoms with E-state index in [1.54, 1.807) is 89.4 Å². The number of benzene rings is 3. The molecule has 89 heavy (non-hydrogen) atoms. The van der Waals surface area contributed by atoms with E-state index in [0.717, 1.165) is 89.1 Å². The Hall–Kier alpha value is -9.12. The third-order valence-electron chi connectivity index (χ3n) is 17.1. The van der Waals surface area contributed by atoms with Gasteiger partial charge in [-0.05, 0) is 138 Å². The van der Waals surface area contributed by atoms with E-state index < -0.39 is 0 Å². The highest BCUT2D eigenvalue weighted by atomic mass is 32.1. The zero-order valence-corrected chi connectivity index (χ0v) is 52.4. The fraction of sp³-hybridized carbons (Fsp3) is 0.323. The van der Waals surface area contributed by atoms with Crippen molar-refractivity contribution >= 4 is 80.4 Å². The number of H-pyrrole nitrogens is 3. The largest absolute Gasteiger partial charge is 0.507 e. The van der Waals surface area contributed by atoms with Crippen LogP contribution in [0.1, 0.15) is 38.5 Å². The number of fused-ring (bicyclic) bond motifs is 3. The van der Waals surface area contributed by atoms with E-state index >= 15 is 0 Å². The summed E-state index contributed by atoms with van der Waals surface area (Å²) in [5, 5.41) is 83.9. The van der Waals surface area contributed by atoms with Crippen LogP contribution in [0.5, 0.6) is 17.2 Å². The molecule has 1 saturated carbocycles. The highest BCUT2D eigenvalue weighted by Gasteiger charge is 2.29. The number of hydrogen-bond acceptors (Lipinski definition) is 24. The Morgan fingerprint density at radius 2 is 0.831 bits per heavy atom. The van der Waals surface area contributed by atoms with Crippen LogP contribution < -0.4 is 20.0 Å². The van der Waals surface area contributed by atoms with Gasteiger partial charge in [0.15, 0.2) is 32.3 Å². The molecular formula is C62H67N21O3S3. The van der Waals surface area contributed by atoms with Gasteiger partial charge in [0.25, 0.3) is 0 Å². The smallest absolute Gasteiger partial charge is 0.194 e. The van der Waals surface area contributed by atoms with Crippen LogP contribution >= 0.6 is 34.0 Å². The maximum Gasteiger partial charge on any atom is 0.194 e. The summed E-state index contributed by atoms with van der Waals surface area (Å²) in [7, 11) is 12.8. The van der Waals surface area contributed by atoms with Crippen molar-refractivity contribution in [3.8, 4) is 84.4 Å². The highest BCUT2D eigenvalue weighted by Crippen LogP contribution is 2.40. The zero-order chi connectivity index (χ0) is 61.3. The van der Waals surface area contributed by atoms with Crippen LogP contribution in [0.3, 0.4) is 0 Å². The molecule has 0 bridgehead atoms. The van der Waals surface area contributed by atoms with Gasteiger partial charge in [-0.2, -0.15) is 30.2 Å². The number of aromatic nitrogens is 15. The summed E-state index contributed by atoms with van der Waals surface area (Å²) in [6.07, 6.45) is 17.7. The summed E-state index contributed by atoms with van der Waals surface area (Å²) in [4.78, 5) is 25.5. The lowest BCUT2D eigenvalue weighted by Gasteiger charge is -2.36. The lowest BCUT2D eigenvalue weighted by molar-refractivity contribution is 0.215. The minimum atomic E-state index is 0.157. The van der Waals surface area contributed by atoms with Gasteiger partial charge in [-0.15, -0.1) is 30.6 Å². The molecule has 27 heteroatoms. The Kier molecular flexibility index (Phi) is 16.9. The third-order valence-corrected chi connectivity index (χ3v) is 20.3. The first-order valence-electron chi connectivity index (χ1n) is 29.4. The second kappa shape index (κ2) is 25.5. The van der Waals surface area contributed by atoms with Gasteiger partial charge >= 0.3 is 0 Å². The number of aromatic amines is 3. The van der Waals surface area contributed by atoms with Crippen LogP contribution in [0.4, 0.5) is 15.4 Å². The van der Waals surface area contributed by atoms with Crippen molar-refractivity contribution in [3.63, 3.8) is 0 Å². The second-order valence-corrected chi connectivity index (χ2v) is 26.1. The number of thiazole rings is 3. The molecule has 1 atom stereocenters. The molecule has 24 nitrogen and oxygen atoms in total. The Morgan fingerprint density at radius 3 is 1.17 bits per heavy atom. The van der Waals surface area contributed by atoms with E-state index in [-0.39, 0.29) is 17.2 Å². The lowest BCUT2D eigenvalue weighted by Crippen LogP contribution is -2.56. The first kappa shape index (κ1) is 58.9. The number of aromatic hydroxyl groups is 3. The molecule has 456 valence electrons. The number of nitrogens with zero attached hydrogens (tertiary/aromatic N) is 17. The number of phenolic OH excluding ortho intramolecular Hbond substituents is 3. The van der Waals surface area contributed by atoms with Crippen molar-refractivity contribution in [1.82, 2.24) is 91.3 Å². The molecule has 2 saturated heterocycles. The van der Waals surface area contributed by atoms with Gasteiger partial charge in [0.1, 0.15) is 17.2 Å². The molecule has 15 rings (SSSR count). The van der Waals surface area contributed by atoms with E-state index in [9.17, 15) is 15.3 Å². The molecular weight excluding hydrogens is 1180 g/mol. The van der Waals surface area contributed by atoms with Crippen molar-refractivity contribution in [2.45, 2.75) is 62.7 Å². The minimum absolute atomic E-state index is 0.157. The van der Waals surface area contributed by atoms with Gasteiger partial charge in [-0.1, -0.05) is 52.2 Å². The molecule has 0 unspecified atom stereocenters. The fourth-order valence-corrected chi connectivity index (χ4v) is 14.4. The monoisotopic (exact) mass is 1250 g/mol. The summed E-state index contributed by atoms with van der Waals surface area (Å²) >= 11 is 4.84. The Morgan fingerprint density at radius 1 is 0.449 bits per heavy atom. The van der Waals surface area contributed by atoms with Gasteiger partial charge in [-0.25, -0.2) is 0 Å². The van der Waals surface area contributed by atoms with E-state index in [1.807, 2.05) is 54.6 Å². The molecule has 9 aromatic heterocycles. The summed E-state index contributed by atoms with van der Waals surface area (Å²) in [5.41, 5.74) is 11.2. The van der Waals surface area contributed by atoms with Gasteiger partial charge in [-0.3, -0.25) is 15.3 Å². The molecule has 0 spiro atoms. The SMILES string of the molecule is CN(C)C1CCC(N(C)c2nc3nnc(-c4ccc(-c5cn[nH]c5)cc4O)cc3s2)CC1.CN(c1nc2nnc(-c3ccc(-c4cn[nH]c4)cc3O)cc2s1)C1CNC1.CN1CCC[C@H](N(C)c2nc3nnc(-c4ccc(-c5cn[nH]c5)cc4O)cc3s2)C1. The van der Waals surface area contributed by atoms with Gasteiger partial charge < -0.3 is 45.1 Å². The number of piperidine rings is 1. The molecule has 3 aliphatic rings. The lowest BCUT2D eigenvalue weighted by atomic mass is 9.90. The number of phenols is 3. The number of likely N-dealkylation sites (N-methyl/N-ethyl adjacent to an activating group) is 3. The maximum atomic E-state index is 10.6. The van der Waals surface area contributed by atoms with Crippen LogP contribution in [0.2, 0.25) is 0 Å². The number of rotatable bonds is 13. The summed E-state index contributed by atoms with van der Waals surface area (Å²) < 4.78 is 2.88. The normalized spacial score (nSPS) is 17.1. The van der Waals surface area contributed by atoms with Gasteiger partial charge in [0, 0.05) is 111 Å². The van der Waals surface area contributed by atoms with Gasteiger partial charge in [0.05, 0.1) is 55.8 Å². The zero-order valence-electron chi connectivity index (χ0n) is 49.9. The van der Waals surface area contributed by atoms with E-state index in [0.29, 0.717) is 74.9 Å². The summed E-state index contributed by atoms with van der Waals surface area (Å²) in [5.74, 6) is 0.482. The van der Waals surface area contributed by atoms with Gasteiger partial charge in [0.2, 0.25) is 0 Å². The average molecular weight is 1250 g/mol. The van der Waals surface area contributed by atoms with Crippen LogP contribution in [0, 0.1) is 0 Å². The Balaban J connectivity index is 0.000000123. The number of hydrogen-bond donors (Lipinski definition) is 7. The predicted octanol–water partition coefficient (Wildman–Crippen LogP) is 9.79. The fourth-order valence-electron chi connectivity index (χ4n) is 11.5. The maximum absolute atomic E-state index is 10.6. The average Bonchev–Trinajstić information content (AvgIpc) is 2.32. The van der Waals surface area contributed by atoms with Crippen molar-refractivity contribution in [3.05, 3.63) is 110 Å². The molecule has 3 aromatic carbocycles. The summed E-state index contributed by atoms with van der Waals surface area (Å²) in [6.45, 7) is 4.14. The quantitative estimate of drug-likeness (QED) is 0.0565. The second-order valence-electron chi connectivity index (χ2n) is 23.0. The molecule has 11 heterocycles. The molecule has 12 aromatic rings. The van der Waals surface area contributed by atoms with Crippen molar-refractivity contribution < 1.29 is 15.3 Å². The molecule has 2 aliphatic heterocycles. The molecule has 7 N–H and O–H groups in total. The van der Waals surface area contributed by atoms with E-state index in [1.165, 1.54) is 38.5 Å². The van der Waals surface area contributed by atoms with E-state index in [4.69, 9.17) is 9.97 Å². The first-order chi connectivity index (χ1) is 43.3. The van der Waals surface area contributed by atoms with Crippen molar-refractivity contribution in [2.24, 2.45) is 0 Å². The molecule has 3 fully saturated rings. The molecule has 0 amide bonds. The highest BCUT2D eigenvalue weighted by molar-refractivity contribution is 7.22. The summed E-state index contributed by atoms with van der Waals surface area (Å²) in [6, 6.07) is 24.5. The third kappa shape index (κ3) is 12.7. The first-order valence-corrected chi connectivity index (χ1v) is 31.9. The van der Waals surface area contributed by atoms with Crippen LogP contribution in [0.25, 0.3) is 98.2 Å². The number of anilines is 3. The minimum Gasteiger partial charge on any atom is -0.507 e. The van der Waals surface area contributed by atoms with Crippen molar-refractivity contribution in [2.75, 3.05) is 83.2 Å². The molecule has 0 radical (unpaired) electrons. The predicted molar refractivity (Wildman–Crippen MR) is 352 cm³/mol. The van der Waals surface area contributed by atoms with Crippen molar-refractivity contribution in [1.29, 1.82) is 0 Å². The Bertz CT molecular complexity index is 4370. The topological polar surface area (TPSA) is 291 Å². The standard InChI is InChI=1S/C23H27N7OS.C21H23N7OS.C18H17N7OS/c1-29(2)16-5-7-17(8-6-16)30(3)23-26-22-21(32-23)11-19(27-28-22)18-9-4-14(10-20(18)31)15-12-24-25-13-15;1-27-7-3-4-15(12-27)28(2)21-24-20-19(30-21)9-17(25-26-20)16-6-5-13(8-18(16)29)14-10-22-23-11-14;1-25(12-8-19-9-12)18-22-17-16(27-18)5-14(23-24-17)13-3-2-10(4-15(13)26)11-6-20-21-7-11/h4,9-13,16-17,31H,5-8H2,1-3H3,(H,24,25);5-6,8-11,15,29H,3-4,7,12H2,1-2H3,(H,22,23);2-7,12,19,26H,8-9H2,1H3,(H,20,21)/t;15-;/m.0./s1. The van der Waals surface area contributed by atoms with Crippen LogP contribution in [-0.4, -0.2) is 194 Å². The Labute approximate surface area is 524 Å². The molecule has 1 aliphatic carbocycles. The van der Waals surface area contributed by atoms with Crippen LogP contribution in [0.15, 0.2) is 110 Å². The number of likely N-dealkylation sites (tertiary alicyclic amines) is 1.